The number of fused-ring (bicyclic) bond motifs is 1. The maximum atomic E-state index is 11.4. The van der Waals surface area contributed by atoms with E-state index in [0.29, 0.717) is 0 Å². The molecule has 1 aromatic carbocycles. The molecule has 0 spiro atoms. The van der Waals surface area contributed by atoms with Crippen molar-refractivity contribution in [2.24, 2.45) is 0 Å². The number of hydrogen-bond donors (Lipinski definition) is 2. The van der Waals surface area contributed by atoms with E-state index < -0.39 is 6.09 Å². The zero-order chi connectivity index (χ0) is 12.1. The van der Waals surface area contributed by atoms with E-state index >= 15 is 0 Å². The first kappa shape index (κ1) is 11.9. The molecule has 2 N–H and O–H groups in total. The summed E-state index contributed by atoms with van der Waals surface area (Å²) >= 11 is 0. The van der Waals surface area contributed by atoms with E-state index in [0.717, 1.165) is 19.3 Å². The standard InChI is InChI=1S/C13H17NO3/c15-8-9-17-13(16)14-12-7-3-5-10-4-1-2-6-11(10)12/h1-2,4,6,12,15H,3,5,7-9H2,(H,14,16). The van der Waals surface area contributed by atoms with Crippen LogP contribution < -0.4 is 5.32 Å². The van der Waals surface area contributed by atoms with E-state index in [9.17, 15) is 4.79 Å². The smallest absolute Gasteiger partial charge is 0.407 e. The number of aliphatic hydroxyl groups is 1. The van der Waals surface area contributed by atoms with Crippen LogP contribution in [0.3, 0.4) is 0 Å². The number of carbonyl (C=O) groups excluding carboxylic acids is 1. The Bertz CT molecular complexity index is 392. The molecular formula is C13H17NO3. The summed E-state index contributed by atoms with van der Waals surface area (Å²) in [5.74, 6) is 0. The van der Waals surface area contributed by atoms with E-state index in [1.165, 1.54) is 11.1 Å². The molecule has 1 atom stereocenters. The highest BCUT2D eigenvalue weighted by atomic mass is 16.6. The predicted octanol–water partition coefficient (Wildman–Crippen LogP) is 1.78. The minimum atomic E-state index is -0.458. The van der Waals surface area contributed by atoms with Gasteiger partial charge >= 0.3 is 6.09 Å². The first-order chi connectivity index (χ1) is 8.31. The predicted molar refractivity (Wildman–Crippen MR) is 63.7 cm³/mol. The minimum absolute atomic E-state index is 0.0335. The number of amides is 1. The van der Waals surface area contributed by atoms with Crippen LogP contribution in [0.1, 0.15) is 30.0 Å². The molecule has 2 rings (SSSR count). The number of rotatable bonds is 3. The lowest BCUT2D eigenvalue weighted by molar-refractivity contribution is 0.115. The van der Waals surface area contributed by atoms with Crippen molar-refractivity contribution in [2.45, 2.75) is 25.3 Å². The Morgan fingerprint density at radius 3 is 3.12 bits per heavy atom. The Morgan fingerprint density at radius 1 is 1.47 bits per heavy atom. The van der Waals surface area contributed by atoms with Crippen LogP contribution in [-0.4, -0.2) is 24.4 Å². The lowest BCUT2D eigenvalue weighted by Gasteiger charge is -2.25. The van der Waals surface area contributed by atoms with Gasteiger partial charge < -0.3 is 15.2 Å². The number of aryl methyl sites for hydroxylation is 1. The number of alkyl carbamates (subject to hydrolysis) is 1. The van der Waals surface area contributed by atoms with Crippen molar-refractivity contribution < 1.29 is 14.6 Å². The van der Waals surface area contributed by atoms with Gasteiger partial charge in [0.15, 0.2) is 0 Å². The molecule has 0 fully saturated rings. The Kier molecular flexibility index (Phi) is 3.98. The number of hydrogen-bond acceptors (Lipinski definition) is 3. The molecule has 17 heavy (non-hydrogen) atoms. The molecule has 0 saturated carbocycles. The molecule has 0 aromatic heterocycles. The summed E-state index contributed by atoms with van der Waals surface area (Å²) < 4.78 is 4.81. The summed E-state index contributed by atoms with van der Waals surface area (Å²) in [4.78, 5) is 11.4. The van der Waals surface area contributed by atoms with Gasteiger partial charge in [-0.05, 0) is 30.4 Å². The minimum Gasteiger partial charge on any atom is -0.447 e. The zero-order valence-corrected chi connectivity index (χ0v) is 9.69. The fourth-order valence-corrected chi connectivity index (χ4v) is 2.23. The fraction of sp³-hybridized carbons (Fsp3) is 0.462. The lowest BCUT2D eigenvalue weighted by atomic mass is 9.88. The molecule has 0 heterocycles. The number of ether oxygens (including phenoxy) is 1. The maximum absolute atomic E-state index is 11.4. The van der Waals surface area contributed by atoms with Crippen molar-refractivity contribution >= 4 is 6.09 Å². The highest BCUT2D eigenvalue weighted by Gasteiger charge is 2.21. The quantitative estimate of drug-likeness (QED) is 0.839. The maximum Gasteiger partial charge on any atom is 0.407 e. The van der Waals surface area contributed by atoms with E-state index in [1.54, 1.807) is 0 Å². The molecule has 1 unspecified atom stereocenters. The average molecular weight is 235 g/mol. The largest absolute Gasteiger partial charge is 0.447 e. The van der Waals surface area contributed by atoms with Gasteiger partial charge in [-0.15, -0.1) is 0 Å². The van der Waals surface area contributed by atoms with Gasteiger partial charge in [0.2, 0.25) is 0 Å². The second kappa shape index (κ2) is 5.68. The van der Waals surface area contributed by atoms with Crippen LogP contribution in [0.5, 0.6) is 0 Å². The van der Waals surface area contributed by atoms with Gasteiger partial charge in [-0.25, -0.2) is 4.79 Å². The molecule has 4 nitrogen and oxygen atoms in total. The van der Waals surface area contributed by atoms with Crippen LogP contribution in [0.4, 0.5) is 4.79 Å². The molecule has 1 aliphatic carbocycles. The van der Waals surface area contributed by atoms with Crippen LogP contribution in [0.25, 0.3) is 0 Å². The van der Waals surface area contributed by atoms with Crippen LogP contribution in [0.2, 0.25) is 0 Å². The van der Waals surface area contributed by atoms with Gasteiger partial charge in [0.05, 0.1) is 12.6 Å². The molecule has 0 saturated heterocycles. The van der Waals surface area contributed by atoms with Gasteiger partial charge in [0.25, 0.3) is 0 Å². The summed E-state index contributed by atoms with van der Waals surface area (Å²) in [5.41, 5.74) is 2.48. The second-order valence-electron chi connectivity index (χ2n) is 4.15. The third-order valence-corrected chi connectivity index (χ3v) is 2.99. The van der Waals surface area contributed by atoms with Crippen molar-refractivity contribution in [1.29, 1.82) is 0 Å². The summed E-state index contributed by atoms with van der Waals surface area (Å²) in [6.07, 6.45) is 2.62. The van der Waals surface area contributed by atoms with Crippen molar-refractivity contribution in [1.82, 2.24) is 5.32 Å². The Balaban J connectivity index is 2.01. The molecule has 0 radical (unpaired) electrons. The SMILES string of the molecule is O=C(NC1CCCc2ccccc21)OCCO. The first-order valence-corrected chi connectivity index (χ1v) is 5.93. The van der Waals surface area contributed by atoms with Crippen molar-refractivity contribution in [3.05, 3.63) is 35.4 Å². The number of nitrogens with one attached hydrogen (secondary N) is 1. The van der Waals surface area contributed by atoms with E-state index in [-0.39, 0.29) is 19.3 Å². The Labute approximate surface area is 101 Å². The Morgan fingerprint density at radius 2 is 2.29 bits per heavy atom. The molecule has 92 valence electrons. The molecule has 4 heteroatoms. The van der Waals surface area contributed by atoms with E-state index in [2.05, 4.69) is 11.4 Å². The van der Waals surface area contributed by atoms with Crippen molar-refractivity contribution in [3.8, 4) is 0 Å². The number of aliphatic hydroxyl groups excluding tert-OH is 1. The highest BCUT2D eigenvalue weighted by molar-refractivity contribution is 5.68. The van der Waals surface area contributed by atoms with Gasteiger partial charge in [-0.3, -0.25) is 0 Å². The van der Waals surface area contributed by atoms with Gasteiger partial charge in [-0.1, -0.05) is 24.3 Å². The molecule has 0 aliphatic heterocycles. The van der Waals surface area contributed by atoms with Crippen molar-refractivity contribution in [2.75, 3.05) is 13.2 Å². The van der Waals surface area contributed by atoms with E-state index in [4.69, 9.17) is 9.84 Å². The molecule has 1 aliphatic rings. The molecule has 0 bridgehead atoms. The van der Waals surface area contributed by atoms with Crippen LogP contribution in [0, 0.1) is 0 Å². The van der Waals surface area contributed by atoms with Crippen LogP contribution in [0.15, 0.2) is 24.3 Å². The summed E-state index contributed by atoms with van der Waals surface area (Å²) in [6.45, 7) is -0.102. The zero-order valence-electron chi connectivity index (χ0n) is 9.69. The topological polar surface area (TPSA) is 58.6 Å². The number of carbonyl (C=O) groups is 1. The first-order valence-electron chi connectivity index (χ1n) is 5.93. The summed E-state index contributed by atoms with van der Waals surface area (Å²) in [5, 5.41) is 11.4. The Hall–Kier alpha value is -1.55. The third-order valence-electron chi connectivity index (χ3n) is 2.99. The van der Waals surface area contributed by atoms with Gasteiger partial charge in [0, 0.05) is 0 Å². The van der Waals surface area contributed by atoms with Crippen LogP contribution in [-0.2, 0) is 11.2 Å². The van der Waals surface area contributed by atoms with Crippen LogP contribution >= 0.6 is 0 Å². The molecule has 1 aromatic rings. The van der Waals surface area contributed by atoms with Gasteiger partial charge in [0.1, 0.15) is 6.61 Å². The van der Waals surface area contributed by atoms with E-state index in [1.807, 2.05) is 18.2 Å². The second-order valence-corrected chi connectivity index (χ2v) is 4.15. The van der Waals surface area contributed by atoms with Gasteiger partial charge in [-0.2, -0.15) is 0 Å². The average Bonchev–Trinajstić information content (AvgIpc) is 2.37. The lowest BCUT2D eigenvalue weighted by Crippen LogP contribution is -2.32. The summed E-state index contributed by atoms with van der Waals surface area (Å²) in [6, 6.07) is 8.18. The summed E-state index contributed by atoms with van der Waals surface area (Å²) in [7, 11) is 0. The normalized spacial score (nSPS) is 18.3. The molecular weight excluding hydrogens is 218 g/mol. The molecule has 1 amide bonds. The van der Waals surface area contributed by atoms with Crippen molar-refractivity contribution in [3.63, 3.8) is 0 Å². The fourth-order valence-electron chi connectivity index (χ4n) is 2.23. The number of benzene rings is 1. The third kappa shape index (κ3) is 2.97. The highest BCUT2D eigenvalue weighted by Crippen LogP contribution is 2.29. The monoisotopic (exact) mass is 235 g/mol.